The predicted octanol–water partition coefficient (Wildman–Crippen LogP) is 3.08. The number of amides is 1. The minimum absolute atomic E-state index is 0.137. The molecule has 3 heterocycles. The summed E-state index contributed by atoms with van der Waals surface area (Å²) in [6.45, 7) is 1.09. The third-order valence-electron chi connectivity index (χ3n) is 5.14. The molecule has 168 valence electrons. The van der Waals surface area contributed by atoms with Crippen molar-refractivity contribution in [2.75, 3.05) is 13.1 Å². The van der Waals surface area contributed by atoms with Gasteiger partial charge >= 0.3 is 12.1 Å². The Morgan fingerprint density at radius 3 is 2.39 bits per heavy atom. The fourth-order valence-corrected chi connectivity index (χ4v) is 3.54. The number of carbonyl (C=O) groups is 2. The quantitative estimate of drug-likeness (QED) is 0.691. The number of aromatic nitrogens is 3. The first kappa shape index (κ1) is 22.6. The molecule has 0 radical (unpaired) electrons. The molecule has 2 aromatic rings. The van der Waals surface area contributed by atoms with Crippen molar-refractivity contribution in [3.05, 3.63) is 35.8 Å². The number of aromatic amines is 1. The third-order valence-corrected chi connectivity index (χ3v) is 5.14. The Morgan fingerprint density at radius 2 is 1.84 bits per heavy atom. The zero-order chi connectivity index (χ0) is 22.8. The van der Waals surface area contributed by atoms with E-state index in [4.69, 9.17) is 9.90 Å². The number of pyridine rings is 1. The van der Waals surface area contributed by atoms with E-state index in [9.17, 15) is 26.7 Å². The van der Waals surface area contributed by atoms with E-state index in [0.717, 1.165) is 22.5 Å². The molecule has 0 atom stereocenters. The second-order valence-corrected chi connectivity index (χ2v) is 7.36. The van der Waals surface area contributed by atoms with E-state index in [1.807, 2.05) is 12.1 Å². The number of nitrogens with zero attached hydrogens (tertiary/aromatic N) is 3. The fraction of sp³-hybridized carbons (Fsp3) is 0.474. The van der Waals surface area contributed by atoms with Crippen molar-refractivity contribution in [3.8, 4) is 11.3 Å². The number of H-pyrrole nitrogens is 1. The zero-order valence-electron chi connectivity index (χ0n) is 16.1. The highest BCUT2D eigenvalue weighted by Crippen LogP contribution is 2.43. The summed E-state index contributed by atoms with van der Waals surface area (Å²) >= 11 is 0. The lowest BCUT2D eigenvalue weighted by atomic mass is 9.80. The number of rotatable bonds is 2. The maximum atomic E-state index is 13.0. The Balaban J connectivity index is 0.000000339. The molecule has 1 fully saturated rings. The van der Waals surface area contributed by atoms with Crippen LogP contribution in [0.25, 0.3) is 11.3 Å². The van der Waals surface area contributed by atoms with Crippen LogP contribution in [0.1, 0.15) is 24.1 Å². The number of carboxylic acids is 1. The van der Waals surface area contributed by atoms with Gasteiger partial charge in [0, 0.05) is 67.5 Å². The smallest absolute Gasteiger partial charge is 0.475 e. The number of alkyl halides is 5. The van der Waals surface area contributed by atoms with Crippen LogP contribution >= 0.6 is 0 Å². The SMILES string of the molecule is O=C(C1CC(F)(F)C1)N1CCc2[nH]nc(-c3cccnc3)c2CC1.O=C(O)C(F)(F)F. The molecule has 2 aromatic heterocycles. The van der Waals surface area contributed by atoms with Crippen LogP contribution < -0.4 is 0 Å². The average molecular weight is 446 g/mol. The number of halogens is 5. The van der Waals surface area contributed by atoms with E-state index < -0.39 is 24.0 Å². The van der Waals surface area contributed by atoms with Crippen LogP contribution in [0.2, 0.25) is 0 Å². The molecule has 1 aliphatic carbocycles. The highest BCUT2D eigenvalue weighted by atomic mass is 19.4. The van der Waals surface area contributed by atoms with Gasteiger partial charge in [-0.2, -0.15) is 18.3 Å². The number of carboxylic acid groups (broad SMARTS) is 1. The van der Waals surface area contributed by atoms with E-state index in [0.29, 0.717) is 25.9 Å². The Labute approximate surface area is 173 Å². The van der Waals surface area contributed by atoms with Crippen LogP contribution in [0.4, 0.5) is 22.0 Å². The molecule has 12 heteroatoms. The van der Waals surface area contributed by atoms with Crippen LogP contribution in [0.5, 0.6) is 0 Å². The summed E-state index contributed by atoms with van der Waals surface area (Å²) in [6, 6.07) is 3.81. The minimum Gasteiger partial charge on any atom is -0.475 e. The first-order chi connectivity index (χ1) is 14.5. The molecular weight excluding hydrogens is 427 g/mol. The monoisotopic (exact) mass is 446 g/mol. The lowest BCUT2D eigenvalue weighted by Gasteiger charge is -2.37. The van der Waals surface area contributed by atoms with E-state index in [2.05, 4.69) is 15.2 Å². The zero-order valence-corrected chi connectivity index (χ0v) is 16.1. The van der Waals surface area contributed by atoms with Gasteiger partial charge in [0.05, 0.1) is 5.69 Å². The first-order valence-corrected chi connectivity index (χ1v) is 9.41. The Bertz CT molecular complexity index is 938. The highest BCUT2D eigenvalue weighted by molar-refractivity contribution is 5.80. The molecule has 4 rings (SSSR count). The first-order valence-electron chi connectivity index (χ1n) is 9.41. The van der Waals surface area contributed by atoms with Crippen LogP contribution in [0.3, 0.4) is 0 Å². The van der Waals surface area contributed by atoms with Gasteiger partial charge in [-0.25, -0.2) is 13.6 Å². The van der Waals surface area contributed by atoms with Crippen molar-refractivity contribution in [2.45, 2.75) is 37.8 Å². The lowest BCUT2D eigenvalue weighted by Crippen LogP contribution is -2.47. The summed E-state index contributed by atoms with van der Waals surface area (Å²) in [5.41, 5.74) is 3.91. The maximum Gasteiger partial charge on any atom is 0.490 e. The van der Waals surface area contributed by atoms with Gasteiger partial charge in [0.15, 0.2) is 0 Å². The largest absolute Gasteiger partial charge is 0.490 e. The van der Waals surface area contributed by atoms with Gasteiger partial charge in [0.25, 0.3) is 0 Å². The normalized spacial score (nSPS) is 18.2. The summed E-state index contributed by atoms with van der Waals surface area (Å²) in [7, 11) is 0. The van der Waals surface area contributed by atoms with Crippen molar-refractivity contribution < 1.29 is 36.6 Å². The minimum atomic E-state index is -5.08. The molecule has 0 saturated heterocycles. The molecule has 7 nitrogen and oxygen atoms in total. The van der Waals surface area contributed by atoms with Crippen LogP contribution in [-0.4, -0.2) is 62.3 Å². The Hall–Kier alpha value is -3.05. The van der Waals surface area contributed by atoms with Crippen molar-refractivity contribution in [1.82, 2.24) is 20.1 Å². The van der Waals surface area contributed by atoms with Gasteiger partial charge in [-0.1, -0.05) is 0 Å². The van der Waals surface area contributed by atoms with Gasteiger partial charge in [0.1, 0.15) is 0 Å². The Morgan fingerprint density at radius 1 is 1.19 bits per heavy atom. The number of hydrogen-bond donors (Lipinski definition) is 2. The molecule has 31 heavy (non-hydrogen) atoms. The number of aliphatic carboxylic acids is 1. The second kappa shape index (κ2) is 8.60. The number of nitrogens with one attached hydrogen (secondary N) is 1. The fourth-order valence-electron chi connectivity index (χ4n) is 3.54. The molecule has 0 spiro atoms. The molecular formula is C19H19F5N4O3. The van der Waals surface area contributed by atoms with Gasteiger partial charge < -0.3 is 10.0 Å². The predicted molar refractivity (Wildman–Crippen MR) is 97.2 cm³/mol. The Kier molecular flexibility index (Phi) is 6.27. The van der Waals surface area contributed by atoms with E-state index >= 15 is 0 Å². The molecule has 1 saturated carbocycles. The van der Waals surface area contributed by atoms with E-state index in [1.54, 1.807) is 17.3 Å². The summed E-state index contributed by atoms with van der Waals surface area (Å²) in [6.07, 6.45) is -0.890. The van der Waals surface area contributed by atoms with Crippen LogP contribution in [0.15, 0.2) is 24.5 Å². The van der Waals surface area contributed by atoms with Crippen LogP contribution in [-0.2, 0) is 22.4 Å². The standard InChI is InChI=1S/C17H18F2N4O.C2HF3O2/c18-17(19)8-12(9-17)16(24)23-6-3-13-14(4-7-23)21-22-15(13)11-2-1-5-20-10-11;3-2(4,5)1(6)7/h1-2,5,10,12H,3-4,6-9H2,(H,21,22);(H,6,7). The molecule has 0 aromatic carbocycles. The summed E-state index contributed by atoms with van der Waals surface area (Å²) in [5, 5.41) is 14.6. The topological polar surface area (TPSA) is 99.2 Å². The molecule has 1 amide bonds. The molecule has 0 bridgehead atoms. The summed E-state index contributed by atoms with van der Waals surface area (Å²) in [4.78, 5) is 27.1. The van der Waals surface area contributed by atoms with Crippen molar-refractivity contribution in [1.29, 1.82) is 0 Å². The van der Waals surface area contributed by atoms with Crippen molar-refractivity contribution >= 4 is 11.9 Å². The van der Waals surface area contributed by atoms with Crippen molar-refractivity contribution in [2.24, 2.45) is 5.92 Å². The molecule has 1 aliphatic heterocycles. The number of carbonyl (C=O) groups excluding carboxylic acids is 1. The second-order valence-electron chi connectivity index (χ2n) is 7.36. The lowest BCUT2D eigenvalue weighted by molar-refractivity contribution is -0.192. The van der Waals surface area contributed by atoms with Crippen molar-refractivity contribution in [3.63, 3.8) is 0 Å². The molecule has 0 unspecified atom stereocenters. The summed E-state index contributed by atoms with van der Waals surface area (Å²) in [5.74, 6) is -6.07. The third kappa shape index (κ3) is 5.36. The number of hydrogen-bond acceptors (Lipinski definition) is 4. The summed E-state index contributed by atoms with van der Waals surface area (Å²) < 4.78 is 57.8. The van der Waals surface area contributed by atoms with E-state index in [1.165, 1.54) is 0 Å². The average Bonchev–Trinajstić information content (AvgIpc) is 2.97. The van der Waals surface area contributed by atoms with E-state index in [-0.39, 0.29) is 18.7 Å². The van der Waals surface area contributed by atoms with Gasteiger partial charge in [-0.15, -0.1) is 0 Å². The maximum absolute atomic E-state index is 13.0. The molecule has 2 aliphatic rings. The van der Waals surface area contributed by atoms with Gasteiger partial charge in [-0.3, -0.25) is 14.9 Å². The molecule has 2 N–H and O–H groups in total. The highest BCUT2D eigenvalue weighted by Gasteiger charge is 2.49. The van der Waals surface area contributed by atoms with Gasteiger partial charge in [0.2, 0.25) is 11.8 Å². The van der Waals surface area contributed by atoms with Gasteiger partial charge in [-0.05, 0) is 18.6 Å². The van der Waals surface area contributed by atoms with Crippen LogP contribution in [0, 0.1) is 5.92 Å². The number of fused-ring (bicyclic) bond motifs is 1.